The molecule has 2 rings (SSSR count). The highest BCUT2D eigenvalue weighted by Gasteiger charge is 2.30. The first kappa shape index (κ1) is 15.4. The number of hydrogen-bond acceptors (Lipinski definition) is 2. The highest BCUT2D eigenvalue weighted by Crippen LogP contribution is 2.21. The number of likely N-dealkylation sites (tertiary alicyclic amines) is 1. The molecular formula is C15H20BrFN2O. The molecule has 20 heavy (non-hydrogen) atoms. The Hall–Kier alpha value is -0.940. The third kappa shape index (κ3) is 3.20. The first-order valence-electron chi connectivity index (χ1n) is 7.05. The van der Waals surface area contributed by atoms with E-state index in [0.29, 0.717) is 23.6 Å². The van der Waals surface area contributed by atoms with Crippen LogP contribution in [-0.4, -0.2) is 47.9 Å². The second-order valence-corrected chi connectivity index (χ2v) is 5.95. The number of benzene rings is 1. The number of hydrogen-bond donors (Lipinski definition) is 0. The first-order valence-corrected chi connectivity index (χ1v) is 7.84. The Bertz CT molecular complexity index is 491. The minimum Gasteiger partial charge on any atom is -0.337 e. The molecule has 1 saturated heterocycles. The average Bonchev–Trinajstić information content (AvgIpc) is 2.89. The molecule has 1 amide bonds. The van der Waals surface area contributed by atoms with Gasteiger partial charge in [0.1, 0.15) is 5.82 Å². The van der Waals surface area contributed by atoms with Crippen molar-refractivity contribution in [1.82, 2.24) is 9.80 Å². The zero-order valence-electron chi connectivity index (χ0n) is 11.9. The zero-order chi connectivity index (χ0) is 14.7. The third-order valence-electron chi connectivity index (χ3n) is 3.94. The Labute approximate surface area is 127 Å². The van der Waals surface area contributed by atoms with Crippen LogP contribution in [0.25, 0.3) is 0 Å². The fourth-order valence-corrected chi connectivity index (χ4v) is 3.13. The van der Waals surface area contributed by atoms with Crippen LogP contribution >= 0.6 is 15.9 Å². The van der Waals surface area contributed by atoms with Gasteiger partial charge in [-0.05, 0) is 37.7 Å². The summed E-state index contributed by atoms with van der Waals surface area (Å²) in [4.78, 5) is 16.5. The van der Waals surface area contributed by atoms with Crippen LogP contribution in [0.4, 0.5) is 4.39 Å². The number of carbonyl (C=O) groups is 1. The summed E-state index contributed by atoms with van der Waals surface area (Å²) in [5, 5.41) is 0. The summed E-state index contributed by atoms with van der Waals surface area (Å²) in [5.41, 5.74) is 0.161. The molecule has 1 fully saturated rings. The van der Waals surface area contributed by atoms with Gasteiger partial charge in [0.05, 0.1) is 5.56 Å². The molecule has 1 aliphatic heterocycles. The third-order valence-corrected chi connectivity index (χ3v) is 4.43. The summed E-state index contributed by atoms with van der Waals surface area (Å²) >= 11 is 3.20. The second kappa shape index (κ2) is 6.68. The molecule has 1 aromatic carbocycles. The second-order valence-electron chi connectivity index (χ2n) is 5.04. The number of nitrogens with zero attached hydrogens (tertiary/aromatic N) is 2. The molecule has 0 aliphatic carbocycles. The van der Waals surface area contributed by atoms with E-state index in [9.17, 15) is 9.18 Å². The molecule has 1 atom stereocenters. The van der Waals surface area contributed by atoms with Crippen LogP contribution in [0.3, 0.4) is 0 Å². The van der Waals surface area contributed by atoms with Crippen molar-refractivity contribution >= 4 is 21.8 Å². The highest BCUT2D eigenvalue weighted by molar-refractivity contribution is 9.10. The number of carbonyl (C=O) groups excluding carboxylic acids is 1. The lowest BCUT2D eigenvalue weighted by molar-refractivity contribution is 0.0773. The van der Waals surface area contributed by atoms with E-state index in [1.165, 1.54) is 6.07 Å². The van der Waals surface area contributed by atoms with Gasteiger partial charge in [-0.3, -0.25) is 9.69 Å². The molecule has 5 heteroatoms. The minimum atomic E-state index is -0.462. The Morgan fingerprint density at radius 2 is 2.15 bits per heavy atom. The van der Waals surface area contributed by atoms with E-state index >= 15 is 0 Å². The SMILES string of the molecule is CCN(CC)C1CCN(C(=O)c2ccc(Br)cc2F)C1. The molecule has 0 radical (unpaired) electrons. The number of rotatable bonds is 4. The van der Waals surface area contributed by atoms with Crippen molar-refractivity contribution in [3.8, 4) is 0 Å². The first-order chi connectivity index (χ1) is 9.56. The Balaban J connectivity index is 2.08. The molecular weight excluding hydrogens is 323 g/mol. The van der Waals surface area contributed by atoms with Gasteiger partial charge in [0.15, 0.2) is 0 Å². The lowest BCUT2D eigenvalue weighted by Crippen LogP contribution is -2.38. The summed E-state index contributed by atoms with van der Waals surface area (Å²) in [5.74, 6) is -0.666. The standard InChI is InChI=1S/C15H20BrFN2O/c1-3-18(4-2)12-7-8-19(10-12)15(20)13-6-5-11(16)9-14(13)17/h5-6,9,12H,3-4,7-8,10H2,1-2H3. The largest absolute Gasteiger partial charge is 0.337 e. The normalized spacial score (nSPS) is 18.9. The van der Waals surface area contributed by atoms with Crippen LogP contribution in [0, 0.1) is 5.82 Å². The molecule has 110 valence electrons. The van der Waals surface area contributed by atoms with E-state index in [0.717, 1.165) is 19.5 Å². The highest BCUT2D eigenvalue weighted by atomic mass is 79.9. The topological polar surface area (TPSA) is 23.6 Å². The quantitative estimate of drug-likeness (QED) is 0.839. The van der Waals surface area contributed by atoms with Gasteiger partial charge in [0.25, 0.3) is 5.91 Å². The molecule has 1 aliphatic rings. The molecule has 1 aromatic rings. The van der Waals surface area contributed by atoms with E-state index in [-0.39, 0.29) is 11.5 Å². The zero-order valence-corrected chi connectivity index (χ0v) is 13.5. The summed E-state index contributed by atoms with van der Waals surface area (Å²) in [6, 6.07) is 4.99. The van der Waals surface area contributed by atoms with Crippen molar-refractivity contribution in [2.24, 2.45) is 0 Å². The number of likely N-dealkylation sites (N-methyl/N-ethyl adjacent to an activating group) is 1. The molecule has 0 bridgehead atoms. The van der Waals surface area contributed by atoms with Crippen LogP contribution in [0.1, 0.15) is 30.6 Å². The fraction of sp³-hybridized carbons (Fsp3) is 0.533. The molecule has 0 saturated carbocycles. The molecule has 0 spiro atoms. The predicted octanol–water partition coefficient (Wildman–Crippen LogP) is 3.14. The van der Waals surface area contributed by atoms with E-state index in [2.05, 4.69) is 34.7 Å². The molecule has 3 nitrogen and oxygen atoms in total. The van der Waals surface area contributed by atoms with E-state index in [1.54, 1.807) is 17.0 Å². The van der Waals surface area contributed by atoms with Gasteiger partial charge in [0.2, 0.25) is 0 Å². The maximum absolute atomic E-state index is 13.9. The summed E-state index contributed by atoms with van der Waals surface area (Å²) < 4.78 is 14.5. The van der Waals surface area contributed by atoms with Gasteiger partial charge in [-0.1, -0.05) is 29.8 Å². The number of halogens is 2. The van der Waals surface area contributed by atoms with Crippen molar-refractivity contribution in [1.29, 1.82) is 0 Å². The molecule has 0 aromatic heterocycles. The van der Waals surface area contributed by atoms with Crippen LogP contribution in [-0.2, 0) is 0 Å². The monoisotopic (exact) mass is 342 g/mol. The lowest BCUT2D eigenvalue weighted by atomic mass is 10.2. The van der Waals surface area contributed by atoms with Gasteiger partial charge >= 0.3 is 0 Å². The average molecular weight is 343 g/mol. The van der Waals surface area contributed by atoms with Crippen molar-refractivity contribution < 1.29 is 9.18 Å². The van der Waals surface area contributed by atoms with Crippen LogP contribution in [0.15, 0.2) is 22.7 Å². The summed E-state index contributed by atoms with van der Waals surface area (Å²) in [7, 11) is 0. The van der Waals surface area contributed by atoms with Gasteiger partial charge in [-0.15, -0.1) is 0 Å². The van der Waals surface area contributed by atoms with Crippen LogP contribution < -0.4 is 0 Å². The van der Waals surface area contributed by atoms with Crippen molar-refractivity contribution in [2.75, 3.05) is 26.2 Å². The van der Waals surface area contributed by atoms with Gasteiger partial charge in [-0.2, -0.15) is 0 Å². The Kier molecular flexibility index (Phi) is 5.16. The van der Waals surface area contributed by atoms with Crippen LogP contribution in [0.5, 0.6) is 0 Å². The fourth-order valence-electron chi connectivity index (χ4n) is 2.80. The summed E-state index contributed by atoms with van der Waals surface area (Å²) in [6.45, 7) is 7.61. The van der Waals surface area contributed by atoms with Crippen LogP contribution in [0.2, 0.25) is 0 Å². The van der Waals surface area contributed by atoms with Gasteiger partial charge < -0.3 is 4.90 Å². The van der Waals surface area contributed by atoms with Crippen molar-refractivity contribution in [3.63, 3.8) is 0 Å². The van der Waals surface area contributed by atoms with E-state index < -0.39 is 5.82 Å². The smallest absolute Gasteiger partial charge is 0.256 e. The maximum Gasteiger partial charge on any atom is 0.256 e. The van der Waals surface area contributed by atoms with Gasteiger partial charge in [0, 0.05) is 23.6 Å². The Morgan fingerprint density at radius 1 is 1.45 bits per heavy atom. The maximum atomic E-state index is 13.9. The van der Waals surface area contributed by atoms with Crippen molar-refractivity contribution in [3.05, 3.63) is 34.1 Å². The molecule has 1 unspecified atom stereocenters. The van der Waals surface area contributed by atoms with E-state index in [4.69, 9.17) is 0 Å². The number of amides is 1. The predicted molar refractivity (Wildman–Crippen MR) is 81.3 cm³/mol. The Morgan fingerprint density at radius 3 is 2.75 bits per heavy atom. The van der Waals surface area contributed by atoms with Crippen molar-refractivity contribution in [2.45, 2.75) is 26.3 Å². The molecule has 1 heterocycles. The minimum absolute atomic E-state index is 0.161. The van der Waals surface area contributed by atoms with E-state index in [1.807, 2.05) is 0 Å². The molecule has 0 N–H and O–H groups in total. The van der Waals surface area contributed by atoms with Gasteiger partial charge in [-0.25, -0.2) is 4.39 Å². The summed E-state index contributed by atoms with van der Waals surface area (Å²) in [6.07, 6.45) is 0.964. The lowest BCUT2D eigenvalue weighted by Gasteiger charge is -2.26.